The molecule has 2 heterocycles. The number of ether oxygens (including phenoxy) is 1. The number of aromatic nitrogens is 2. The first kappa shape index (κ1) is 12.4. The highest BCUT2D eigenvalue weighted by Crippen LogP contribution is 2.05. The number of aromatic amines is 1. The molecule has 8 nitrogen and oxygen atoms in total. The van der Waals surface area contributed by atoms with Crippen molar-refractivity contribution in [3.8, 4) is 0 Å². The zero-order chi connectivity index (χ0) is 13.0. The lowest BCUT2D eigenvalue weighted by Crippen LogP contribution is -2.49. The summed E-state index contributed by atoms with van der Waals surface area (Å²) in [4.78, 5) is 23.7. The van der Waals surface area contributed by atoms with Gasteiger partial charge in [0.2, 0.25) is 0 Å². The number of carbonyl (C=O) groups excluding carboxylic acids is 1. The Balaban J connectivity index is 1.80. The molecular formula is C10H14N4O4. The molecule has 18 heavy (non-hydrogen) atoms. The first-order chi connectivity index (χ1) is 8.66. The lowest BCUT2D eigenvalue weighted by Gasteiger charge is -2.30. The highest BCUT2D eigenvalue weighted by molar-refractivity contribution is 5.93. The van der Waals surface area contributed by atoms with Crippen molar-refractivity contribution >= 4 is 12.0 Å². The Kier molecular flexibility index (Phi) is 3.78. The van der Waals surface area contributed by atoms with Crippen LogP contribution < -0.4 is 5.32 Å². The van der Waals surface area contributed by atoms with Crippen molar-refractivity contribution in [3.05, 3.63) is 18.0 Å². The number of hydrogen-bond donors (Lipinski definition) is 3. The molecule has 0 bridgehead atoms. The smallest absolute Gasteiger partial charge is 0.407 e. The fourth-order valence-corrected chi connectivity index (χ4v) is 1.70. The summed E-state index contributed by atoms with van der Waals surface area (Å²) in [5, 5.41) is 17.7. The molecule has 2 amide bonds. The van der Waals surface area contributed by atoms with Crippen LogP contribution in [0, 0.1) is 0 Å². The van der Waals surface area contributed by atoms with Gasteiger partial charge in [-0.15, -0.1) is 0 Å². The number of nitrogens with zero attached hydrogens (tertiary/aromatic N) is 2. The highest BCUT2D eigenvalue weighted by atomic mass is 16.5. The zero-order valence-electron chi connectivity index (χ0n) is 9.63. The summed E-state index contributed by atoms with van der Waals surface area (Å²) in [5.41, 5.74) is 0.431. The molecule has 0 spiro atoms. The summed E-state index contributed by atoms with van der Waals surface area (Å²) in [5.74, 6) is -0.264. The fourth-order valence-electron chi connectivity index (χ4n) is 1.70. The van der Waals surface area contributed by atoms with E-state index in [1.54, 1.807) is 0 Å². The second kappa shape index (κ2) is 5.50. The van der Waals surface area contributed by atoms with Gasteiger partial charge in [0.15, 0.2) is 0 Å². The first-order valence-electron chi connectivity index (χ1n) is 5.53. The second-order valence-electron chi connectivity index (χ2n) is 3.92. The van der Waals surface area contributed by atoms with E-state index in [2.05, 4.69) is 15.5 Å². The Morgan fingerprint density at radius 3 is 3.17 bits per heavy atom. The minimum atomic E-state index is -0.968. The van der Waals surface area contributed by atoms with Crippen molar-refractivity contribution in [2.24, 2.45) is 0 Å². The molecular weight excluding hydrogens is 240 g/mol. The summed E-state index contributed by atoms with van der Waals surface area (Å²) in [6.45, 7) is 1.24. The third kappa shape index (κ3) is 2.98. The molecule has 1 fully saturated rings. The molecule has 0 aromatic carbocycles. The number of carboxylic acid groups (broad SMARTS) is 1. The van der Waals surface area contributed by atoms with E-state index in [4.69, 9.17) is 9.84 Å². The van der Waals surface area contributed by atoms with Gasteiger partial charge in [-0.3, -0.25) is 9.89 Å². The average molecular weight is 254 g/mol. The molecule has 1 aromatic heterocycles. The van der Waals surface area contributed by atoms with Gasteiger partial charge in [0.25, 0.3) is 5.91 Å². The Hall–Kier alpha value is -2.09. The Labute approximate surface area is 103 Å². The molecule has 0 saturated carbocycles. The molecule has 1 atom stereocenters. The maximum absolute atomic E-state index is 11.6. The van der Waals surface area contributed by atoms with Gasteiger partial charge in [0, 0.05) is 19.3 Å². The summed E-state index contributed by atoms with van der Waals surface area (Å²) < 4.78 is 5.38. The van der Waals surface area contributed by atoms with Crippen molar-refractivity contribution in [2.75, 3.05) is 26.2 Å². The molecule has 0 aliphatic carbocycles. The van der Waals surface area contributed by atoms with Gasteiger partial charge in [-0.2, -0.15) is 5.10 Å². The second-order valence-corrected chi connectivity index (χ2v) is 3.92. The van der Waals surface area contributed by atoms with Crippen LogP contribution in [0.3, 0.4) is 0 Å². The van der Waals surface area contributed by atoms with Gasteiger partial charge in [0.1, 0.15) is 0 Å². The third-order valence-corrected chi connectivity index (χ3v) is 2.66. The third-order valence-electron chi connectivity index (χ3n) is 2.66. The number of rotatable bonds is 3. The molecule has 2 rings (SSSR count). The average Bonchev–Trinajstić information content (AvgIpc) is 2.90. The van der Waals surface area contributed by atoms with Crippen LogP contribution in [-0.2, 0) is 4.74 Å². The number of carbonyl (C=O) groups is 2. The van der Waals surface area contributed by atoms with Crippen LogP contribution in [0.5, 0.6) is 0 Å². The SMILES string of the molecule is O=C(NCC1CN(C(=O)O)CCO1)c1cn[nH]c1. The normalized spacial score (nSPS) is 19.6. The molecule has 1 aliphatic rings. The van der Waals surface area contributed by atoms with Crippen molar-refractivity contribution in [3.63, 3.8) is 0 Å². The zero-order valence-corrected chi connectivity index (χ0v) is 9.63. The van der Waals surface area contributed by atoms with E-state index < -0.39 is 6.09 Å². The number of morpholine rings is 1. The molecule has 0 radical (unpaired) electrons. The highest BCUT2D eigenvalue weighted by Gasteiger charge is 2.24. The van der Waals surface area contributed by atoms with E-state index in [0.717, 1.165) is 0 Å². The molecule has 1 aliphatic heterocycles. The van der Waals surface area contributed by atoms with Crippen molar-refractivity contribution in [1.29, 1.82) is 0 Å². The van der Waals surface area contributed by atoms with Gasteiger partial charge >= 0.3 is 6.09 Å². The minimum absolute atomic E-state index is 0.264. The summed E-state index contributed by atoms with van der Waals surface area (Å²) in [6.07, 6.45) is 1.62. The number of amides is 2. The summed E-state index contributed by atoms with van der Waals surface area (Å²) in [6, 6.07) is 0. The lowest BCUT2D eigenvalue weighted by molar-refractivity contribution is -0.0199. The van der Waals surface area contributed by atoms with Crippen molar-refractivity contribution in [1.82, 2.24) is 20.4 Å². The maximum atomic E-state index is 11.6. The maximum Gasteiger partial charge on any atom is 0.407 e. The quantitative estimate of drug-likeness (QED) is 0.675. The largest absolute Gasteiger partial charge is 0.465 e. The van der Waals surface area contributed by atoms with Crippen molar-refractivity contribution in [2.45, 2.75) is 6.10 Å². The van der Waals surface area contributed by atoms with Gasteiger partial charge in [-0.1, -0.05) is 0 Å². The Bertz CT molecular complexity index is 420. The number of nitrogens with one attached hydrogen (secondary N) is 2. The van der Waals surface area contributed by atoms with Crippen LogP contribution in [-0.4, -0.2) is 64.5 Å². The van der Waals surface area contributed by atoms with E-state index in [0.29, 0.717) is 18.7 Å². The lowest BCUT2D eigenvalue weighted by atomic mass is 10.2. The van der Waals surface area contributed by atoms with E-state index in [1.807, 2.05) is 0 Å². The molecule has 1 aromatic rings. The van der Waals surface area contributed by atoms with Crippen LogP contribution in [0.1, 0.15) is 10.4 Å². The first-order valence-corrected chi connectivity index (χ1v) is 5.53. The molecule has 8 heteroatoms. The van der Waals surface area contributed by atoms with E-state index in [9.17, 15) is 9.59 Å². The predicted molar refractivity (Wildman–Crippen MR) is 60.3 cm³/mol. The minimum Gasteiger partial charge on any atom is -0.465 e. The number of H-pyrrole nitrogens is 1. The van der Waals surface area contributed by atoms with E-state index in [-0.39, 0.29) is 25.1 Å². The monoisotopic (exact) mass is 254 g/mol. The topological polar surface area (TPSA) is 108 Å². The molecule has 3 N–H and O–H groups in total. The summed E-state index contributed by atoms with van der Waals surface area (Å²) in [7, 11) is 0. The van der Waals surface area contributed by atoms with Crippen LogP contribution in [0.25, 0.3) is 0 Å². The van der Waals surface area contributed by atoms with Crippen LogP contribution in [0.4, 0.5) is 4.79 Å². The van der Waals surface area contributed by atoms with Crippen LogP contribution in [0.2, 0.25) is 0 Å². The van der Waals surface area contributed by atoms with Crippen LogP contribution >= 0.6 is 0 Å². The molecule has 1 unspecified atom stereocenters. The Morgan fingerprint density at radius 1 is 1.67 bits per heavy atom. The summed E-state index contributed by atoms with van der Waals surface area (Å²) >= 11 is 0. The predicted octanol–water partition coefficient (Wildman–Crippen LogP) is -0.482. The van der Waals surface area contributed by atoms with E-state index in [1.165, 1.54) is 17.3 Å². The van der Waals surface area contributed by atoms with E-state index >= 15 is 0 Å². The number of hydrogen-bond acceptors (Lipinski definition) is 4. The molecule has 1 saturated heterocycles. The van der Waals surface area contributed by atoms with Crippen molar-refractivity contribution < 1.29 is 19.4 Å². The van der Waals surface area contributed by atoms with Gasteiger partial charge in [-0.05, 0) is 0 Å². The van der Waals surface area contributed by atoms with Crippen LogP contribution in [0.15, 0.2) is 12.4 Å². The fraction of sp³-hybridized carbons (Fsp3) is 0.500. The van der Waals surface area contributed by atoms with Gasteiger partial charge in [-0.25, -0.2) is 4.79 Å². The molecule has 98 valence electrons. The standard InChI is InChI=1S/C10H14N4O4/c15-9(7-3-12-13-4-7)11-5-8-6-14(10(16)17)1-2-18-8/h3-4,8H,1-2,5-6H2,(H,11,15)(H,12,13)(H,16,17). The van der Waals surface area contributed by atoms with Gasteiger partial charge in [0.05, 0.1) is 31.0 Å². The van der Waals surface area contributed by atoms with Gasteiger partial charge < -0.3 is 20.1 Å². The Morgan fingerprint density at radius 2 is 2.50 bits per heavy atom.